The minimum Gasteiger partial charge on any atom is -0.351 e. The van der Waals surface area contributed by atoms with Crippen molar-refractivity contribution in [1.29, 1.82) is 0 Å². The average Bonchev–Trinajstić information content (AvgIpc) is 2.87. The van der Waals surface area contributed by atoms with E-state index in [1.807, 2.05) is 0 Å². The Morgan fingerprint density at radius 3 is 2.67 bits per heavy atom. The molecule has 1 N–H and O–H groups in total. The molecule has 1 fully saturated rings. The van der Waals surface area contributed by atoms with E-state index in [0.717, 1.165) is 6.42 Å². The van der Waals surface area contributed by atoms with Gasteiger partial charge < -0.3 is 5.32 Å². The third-order valence-electron chi connectivity index (χ3n) is 4.33. The van der Waals surface area contributed by atoms with Crippen molar-refractivity contribution < 1.29 is 9.18 Å². The van der Waals surface area contributed by atoms with Gasteiger partial charge >= 0.3 is 0 Å². The van der Waals surface area contributed by atoms with E-state index in [4.69, 9.17) is 0 Å². The second-order valence-corrected chi connectivity index (χ2v) is 7.38. The minimum absolute atomic E-state index is 0.198. The van der Waals surface area contributed by atoms with Crippen LogP contribution in [0.25, 0.3) is 0 Å². The molecule has 1 aromatic rings. The fourth-order valence-electron chi connectivity index (χ4n) is 3.49. The Morgan fingerprint density at radius 1 is 1.38 bits per heavy atom. The Morgan fingerprint density at radius 2 is 2.05 bits per heavy atom. The lowest BCUT2D eigenvalue weighted by Gasteiger charge is -2.31. The quantitative estimate of drug-likeness (QED) is 0.797. The number of hydrogen-bond acceptors (Lipinski definition) is 1. The first kappa shape index (κ1) is 16.5. The highest BCUT2D eigenvalue weighted by Crippen LogP contribution is 2.42. The van der Waals surface area contributed by atoms with Crippen LogP contribution >= 0.6 is 15.9 Å². The van der Waals surface area contributed by atoms with Crippen molar-refractivity contribution in [2.45, 2.75) is 46.0 Å². The molecule has 0 aliphatic heterocycles. The van der Waals surface area contributed by atoms with Gasteiger partial charge in [-0.3, -0.25) is 4.79 Å². The molecule has 0 spiro atoms. The van der Waals surface area contributed by atoms with Gasteiger partial charge in [0.15, 0.2) is 0 Å². The van der Waals surface area contributed by atoms with Crippen LogP contribution in [0.1, 0.15) is 56.3 Å². The van der Waals surface area contributed by atoms with Crippen LogP contribution in [0, 0.1) is 17.2 Å². The SMILES string of the molecule is CC(C)CC1(CNC(=O)c2cccc(F)c2Br)CCCC1. The van der Waals surface area contributed by atoms with Crippen molar-refractivity contribution in [3.05, 3.63) is 34.1 Å². The van der Waals surface area contributed by atoms with Gasteiger partial charge in [-0.25, -0.2) is 4.39 Å². The second kappa shape index (κ2) is 6.91. The summed E-state index contributed by atoms with van der Waals surface area (Å²) in [5.74, 6) is 0.0257. The highest BCUT2D eigenvalue weighted by atomic mass is 79.9. The predicted molar refractivity (Wildman–Crippen MR) is 86.8 cm³/mol. The Bertz CT molecular complexity index is 510. The molecule has 21 heavy (non-hydrogen) atoms. The number of halogens is 2. The van der Waals surface area contributed by atoms with Crippen molar-refractivity contribution >= 4 is 21.8 Å². The maximum atomic E-state index is 13.5. The summed E-state index contributed by atoms with van der Waals surface area (Å²) < 4.78 is 13.7. The molecule has 1 amide bonds. The van der Waals surface area contributed by atoms with Crippen LogP contribution in [-0.2, 0) is 0 Å². The zero-order chi connectivity index (χ0) is 15.5. The lowest BCUT2D eigenvalue weighted by molar-refractivity contribution is 0.0920. The van der Waals surface area contributed by atoms with E-state index in [1.54, 1.807) is 12.1 Å². The molecule has 1 aromatic carbocycles. The Kier molecular flexibility index (Phi) is 5.42. The summed E-state index contributed by atoms with van der Waals surface area (Å²) >= 11 is 3.15. The molecule has 0 aromatic heterocycles. The highest BCUT2D eigenvalue weighted by Gasteiger charge is 2.34. The first-order valence-corrected chi connectivity index (χ1v) is 8.45. The van der Waals surface area contributed by atoms with Gasteiger partial charge in [0.2, 0.25) is 0 Å². The lowest BCUT2D eigenvalue weighted by Crippen LogP contribution is -2.37. The van der Waals surface area contributed by atoms with E-state index in [9.17, 15) is 9.18 Å². The average molecular weight is 356 g/mol. The monoisotopic (exact) mass is 355 g/mol. The van der Waals surface area contributed by atoms with Gasteiger partial charge in [-0.15, -0.1) is 0 Å². The first-order chi connectivity index (χ1) is 9.93. The maximum Gasteiger partial charge on any atom is 0.252 e. The Hall–Kier alpha value is -0.900. The van der Waals surface area contributed by atoms with Crippen molar-refractivity contribution in [3.8, 4) is 0 Å². The molecule has 0 heterocycles. The number of amides is 1. The van der Waals surface area contributed by atoms with E-state index >= 15 is 0 Å². The summed E-state index contributed by atoms with van der Waals surface area (Å²) in [5.41, 5.74) is 0.594. The topological polar surface area (TPSA) is 29.1 Å². The van der Waals surface area contributed by atoms with Crippen LogP contribution in [0.3, 0.4) is 0 Å². The zero-order valence-electron chi connectivity index (χ0n) is 12.7. The summed E-state index contributed by atoms with van der Waals surface area (Å²) in [6.45, 7) is 5.14. The van der Waals surface area contributed by atoms with Gasteiger partial charge in [-0.2, -0.15) is 0 Å². The molecule has 0 radical (unpaired) electrons. The van der Waals surface area contributed by atoms with Crippen LogP contribution in [0.15, 0.2) is 22.7 Å². The van der Waals surface area contributed by atoms with E-state index in [-0.39, 0.29) is 15.8 Å². The number of carbonyl (C=O) groups is 1. The van der Waals surface area contributed by atoms with Crippen LogP contribution in [0.5, 0.6) is 0 Å². The van der Waals surface area contributed by atoms with E-state index in [1.165, 1.54) is 31.7 Å². The second-order valence-electron chi connectivity index (χ2n) is 6.59. The summed E-state index contributed by atoms with van der Waals surface area (Å²) in [7, 11) is 0. The highest BCUT2D eigenvalue weighted by molar-refractivity contribution is 9.10. The van der Waals surface area contributed by atoms with Gasteiger partial charge in [0.05, 0.1) is 10.0 Å². The van der Waals surface area contributed by atoms with Crippen molar-refractivity contribution in [2.24, 2.45) is 11.3 Å². The maximum absolute atomic E-state index is 13.5. The molecule has 4 heteroatoms. The molecule has 2 rings (SSSR count). The smallest absolute Gasteiger partial charge is 0.252 e. The van der Waals surface area contributed by atoms with E-state index < -0.39 is 5.82 Å². The fourth-order valence-corrected chi connectivity index (χ4v) is 3.93. The number of rotatable bonds is 5. The Labute approximate surface area is 134 Å². The van der Waals surface area contributed by atoms with Gasteiger partial charge in [-0.1, -0.05) is 32.8 Å². The number of carbonyl (C=O) groups excluding carboxylic acids is 1. The normalized spacial score (nSPS) is 17.2. The van der Waals surface area contributed by atoms with E-state index in [0.29, 0.717) is 18.0 Å². The van der Waals surface area contributed by atoms with Gasteiger partial charge in [0.1, 0.15) is 5.82 Å². The zero-order valence-corrected chi connectivity index (χ0v) is 14.3. The van der Waals surface area contributed by atoms with Crippen LogP contribution in [0.2, 0.25) is 0 Å². The summed E-state index contributed by atoms with van der Waals surface area (Å²) in [4.78, 5) is 12.3. The summed E-state index contributed by atoms with van der Waals surface area (Å²) in [6.07, 6.45) is 5.97. The molecular formula is C17H23BrFNO. The summed E-state index contributed by atoms with van der Waals surface area (Å²) in [5, 5.41) is 3.02. The molecular weight excluding hydrogens is 333 g/mol. The van der Waals surface area contributed by atoms with E-state index in [2.05, 4.69) is 35.1 Å². The van der Waals surface area contributed by atoms with Crippen LogP contribution in [0.4, 0.5) is 4.39 Å². The fraction of sp³-hybridized carbons (Fsp3) is 0.588. The van der Waals surface area contributed by atoms with Crippen molar-refractivity contribution in [1.82, 2.24) is 5.32 Å². The number of nitrogens with one attached hydrogen (secondary N) is 1. The standard InChI is InChI=1S/C17H23BrFNO/c1-12(2)10-17(8-3-4-9-17)11-20-16(21)13-6-5-7-14(19)15(13)18/h5-7,12H,3-4,8-11H2,1-2H3,(H,20,21). The molecule has 1 aliphatic carbocycles. The first-order valence-electron chi connectivity index (χ1n) is 7.66. The van der Waals surface area contributed by atoms with Gasteiger partial charge in [-0.05, 0) is 58.7 Å². The van der Waals surface area contributed by atoms with Crippen molar-refractivity contribution in [3.63, 3.8) is 0 Å². The summed E-state index contributed by atoms with van der Waals surface area (Å²) in [6, 6.07) is 4.55. The van der Waals surface area contributed by atoms with Crippen LogP contribution in [-0.4, -0.2) is 12.5 Å². The third kappa shape index (κ3) is 4.06. The third-order valence-corrected chi connectivity index (χ3v) is 5.13. The molecule has 1 saturated carbocycles. The Balaban J connectivity index is 2.04. The van der Waals surface area contributed by atoms with Crippen molar-refractivity contribution in [2.75, 3.05) is 6.54 Å². The predicted octanol–water partition coefficient (Wildman–Crippen LogP) is 4.92. The molecule has 0 saturated heterocycles. The molecule has 0 atom stereocenters. The molecule has 1 aliphatic rings. The minimum atomic E-state index is -0.402. The van der Waals surface area contributed by atoms with Crippen LogP contribution < -0.4 is 5.32 Å². The number of benzene rings is 1. The lowest BCUT2D eigenvalue weighted by atomic mass is 9.78. The molecule has 2 nitrogen and oxygen atoms in total. The molecule has 0 bridgehead atoms. The van der Waals surface area contributed by atoms with Gasteiger partial charge in [0, 0.05) is 6.54 Å². The molecule has 116 valence electrons. The number of hydrogen-bond donors (Lipinski definition) is 1. The largest absolute Gasteiger partial charge is 0.351 e. The van der Waals surface area contributed by atoms with Gasteiger partial charge in [0.25, 0.3) is 5.91 Å². The molecule has 0 unspecified atom stereocenters.